The van der Waals surface area contributed by atoms with Gasteiger partial charge in [-0.15, -0.1) is 0 Å². The van der Waals surface area contributed by atoms with Gasteiger partial charge in [-0.25, -0.2) is 8.78 Å². The van der Waals surface area contributed by atoms with Crippen LogP contribution in [0.25, 0.3) is 0 Å². The first kappa shape index (κ1) is 14.2. The molecule has 1 aliphatic carbocycles. The Balaban J connectivity index is 2.11. The largest absolute Gasteiger partial charge is 0.382 e. The molecule has 1 unspecified atom stereocenters. The fraction of sp³-hybridized carbons (Fsp3) is 0.846. The Morgan fingerprint density at radius 1 is 1.26 bits per heavy atom. The number of rotatable bonds is 2. The molecule has 0 radical (unpaired) electrons. The zero-order chi connectivity index (χ0) is 14.1. The second kappa shape index (κ2) is 5.04. The first-order valence-corrected chi connectivity index (χ1v) is 6.65. The quantitative estimate of drug-likeness (QED) is 0.832. The van der Waals surface area contributed by atoms with Crippen molar-refractivity contribution in [1.82, 2.24) is 4.90 Å². The SMILES string of the molecule is N#CC1(C(=O)N2CCC(O)(C(F)F)C2)CCCCC1. The molecule has 19 heavy (non-hydrogen) atoms. The van der Waals surface area contributed by atoms with E-state index in [1.807, 2.05) is 0 Å². The van der Waals surface area contributed by atoms with Crippen molar-refractivity contribution in [3.63, 3.8) is 0 Å². The van der Waals surface area contributed by atoms with Crippen molar-refractivity contribution >= 4 is 5.91 Å². The van der Waals surface area contributed by atoms with Gasteiger partial charge in [0.1, 0.15) is 11.0 Å². The van der Waals surface area contributed by atoms with Crippen LogP contribution in [0.5, 0.6) is 0 Å². The minimum absolute atomic E-state index is 0.100. The molecular formula is C13H18F2N2O2. The van der Waals surface area contributed by atoms with E-state index in [0.29, 0.717) is 12.8 Å². The number of halogens is 2. The number of hydrogen-bond acceptors (Lipinski definition) is 3. The lowest BCUT2D eigenvalue weighted by Gasteiger charge is -2.33. The van der Waals surface area contributed by atoms with Gasteiger partial charge in [0.15, 0.2) is 0 Å². The number of carbonyl (C=O) groups excluding carboxylic acids is 1. The molecule has 1 saturated carbocycles. The number of aliphatic hydroxyl groups is 1. The molecule has 1 heterocycles. The average molecular weight is 272 g/mol. The maximum atomic E-state index is 12.7. The molecule has 0 spiro atoms. The average Bonchev–Trinajstić information content (AvgIpc) is 2.83. The van der Waals surface area contributed by atoms with Crippen molar-refractivity contribution in [2.24, 2.45) is 5.41 Å². The van der Waals surface area contributed by atoms with Crippen LogP contribution in [0.15, 0.2) is 0 Å². The van der Waals surface area contributed by atoms with Gasteiger partial charge in [-0.1, -0.05) is 19.3 Å². The number of β-amino-alcohol motifs (C(OH)–C–C–N with tert-alkyl or cyclic N) is 1. The maximum absolute atomic E-state index is 12.7. The number of hydrogen-bond donors (Lipinski definition) is 1. The Bertz CT molecular complexity index is 402. The highest BCUT2D eigenvalue weighted by atomic mass is 19.3. The Labute approximate surface area is 111 Å². The summed E-state index contributed by atoms with van der Waals surface area (Å²) in [5, 5.41) is 19.0. The van der Waals surface area contributed by atoms with E-state index in [-0.39, 0.29) is 25.4 Å². The molecule has 2 fully saturated rings. The van der Waals surface area contributed by atoms with Gasteiger partial charge in [0.25, 0.3) is 6.43 Å². The third kappa shape index (κ3) is 2.44. The third-order valence-corrected chi connectivity index (χ3v) is 4.30. The molecule has 0 bridgehead atoms. The van der Waals surface area contributed by atoms with Crippen LogP contribution < -0.4 is 0 Å². The van der Waals surface area contributed by atoms with Crippen molar-refractivity contribution in [2.45, 2.75) is 50.6 Å². The number of carbonyl (C=O) groups is 1. The molecule has 0 aromatic heterocycles. The molecule has 1 amide bonds. The van der Waals surface area contributed by atoms with Crippen LogP contribution in [0.4, 0.5) is 8.78 Å². The first-order chi connectivity index (χ1) is 8.93. The summed E-state index contributed by atoms with van der Waals surface area (Å²) in [6.45, 7) is -0.268. The lowest BCUT2D eigenvalue weighted by Crippen LogP contribution is -2.47. The Kier molecular flexibility index (Phi) is 3.77. The van der Waals surface area contributed by atoms with Crippen LogP contribution >= 0.6 is 0 Å². The van der Waals surface area contributed by atoms with Gasteiger partial charge in [0, 0.05) is 13.0 Å². The van der Waals surface area contributed by atoms with Crippen LogP contribution in [-0.4, -0.2) is 41.0 Å². The van der Waals surface area contributed by atoms with E-state index in [4.69, 9.17) is 0 Å². The molecule has 2 rings (SSSR count). The summed E-state index contributed by atoms with van der Waals surface area (Å²) in [5.74, 6) is -0.383. The molecule has 1 N–H and O–H groups in total. The number of alkyl halides is 2. The zero-order valence-corrected chi connectivity index (χ0v) is 10.7. The van der Waals surface area contributed by atoms with Crippen LogP contribution in [0, 0.1) is 16.7 Å². The Hall–Kier alpha value is -1.22. The molecule has 0 aromatic rings. The van der Waals surface area contributed by atoms with Gasteiger partial charge in [-0.2, -0.15) is 5.26 Å². The fourth-order valence-corrected chi connectivity index (χ4v) is 3.00. The molecule has 1 aliphatic heterocycles. The summed E-state index contributed by atoms with van der Waals surface area (Å²) in [7, 11) is 0. The summed E-state index contributed by atoms with van der Waals surface area (Å²) in [4.78, 5) is 13.6. The van der Waals surface area contributed by atoms with Gasteiger partial charge in [-0.05, 0) is 12.8 Å². The fourth-order valence-electron chi connectivity index (χ4n) is 3.00. The van der Waals surface area contributed by atoms with Gasteiger partial charge in [0.2, 0.25) is 5.91 Å². The van der Waals surface area contributed by atoms with Crippen molar-refractivity contribution in [3.05, 3.63) is 0 Å². The lowest BCUT2D eigenvalue weighted by atomic mass is 9.74. The van der Waals surface area contributed by atoms with Crippen molar-refractivity contribution in [3.8, 4) is 6.07 Å². The van der Waals surface area contributed by atoms with Gasteiger partial charge in [0.05, 0.1) is 12.6 Å². The molecule has 4 nitrogen and oxygen atoms in total. The summed E-state index contributed by atoms with van der Waals surface area (Å²) in [6, 6.07) is 2.09. The van der Waals surface area contributed by atoms with Crippen LogP contribution in [-0.2, 0) is 4.79 Å². The van der Waals surface area contributed by atoms with E-state index in [1.54, 1.807) is 0 Å². The first-order valence-electron chi connectivity index (χ1n) is 6.65. The van der Waals surface area contributed by atoms with Crippen molar-refractivity contribution in [2.75, 3.05) is 13.1 Å². The Morgan fingerprint density at radius 3 is 2.37 bits per heavy atom. The van der Waals surface area contributed by atoms with E-state index in [2.05, 4.69) is 6.07 Å². The molecular weight excluding hydrogens is 254 g/mol. The van der Waals surface area contributed by atoms with Gasteiger partial charge >= 0.3 is 0 Å². The topological polar surface area (TPSA) is 64.3 Å². The number of amides is 1. The van der Waals surface area contributed by atoms with Gasteiger partial charge < -0.3 is 10.0 Å². The molecule has 0 aromatic carbocycles. The second-order valence-corrected chi connectivity index (χ2v) is 5.64. The highest BCUT2D eigenvalue weighted by Gasteiger charge is 2.50. The lowest BCUT2D eigenvalue weighted by molar-refractivity contribution is -0.142. The van der Waals surface area contributed by atoms with Crippen LogP contribution in [0.1, 0.15) is 38.5 Å². The van der Waals surface area contributed by atoms with Crippen LogP contribution in [0.2, 0.25) is 0 Å². The standard InChI is InChI=1S/C13H18F2N2O2/c14-10(15)13(19)6-7-17(9-13)11(18)12(8-16)4-2-1-3-5-12/h10,19H,1-7,9H2. The third-order valence-electron chi connectivity index (χ3n) is 4.30. The molecule has 2 aliphatic rings. The number of likely N-dealkylation sites (tertiary alicyclic amines) is 1. The predicted octanol–water partition coefficient (Wildman–Crippen LogP) is 1.69. The van der Waals surface area contributed by atoms with Gasteiger partial charge in [-0.3, -0.25) is 4.79 Å². The highest BCUT2D eigenvalue weighted by molar-refractivity contribution is 5.86. The zero-order valence-electron chi connectivity index (χ0n) is 10.7. The molecule has 106 valence electrons. The van der Waals surface area contributed by atoms with E-state index < -0.39 is 17.4 Å². The molecule has 1 atom stereocenters. The van der Waals surface area contributed by atoms with E-state index in [9.17, 15) is 23.9 Å². The van der Waals surface area contributed by atoms with E-state index in [1.165, 1.54) is 4.90 Å². The normalized spacial score (nSPS) is 30.4. The monoisotopic (exact) mass is 272 g/mol. The summed E-state index contributed by atoms with van der Waals surface area (Å²) >= 11 is 0. The molecule has 6 heteroatoms. The second-order valence-electron chi connectivity index (χ2n) is 5.64. The van der Waals surface area contributed by atoms with Crippen LogP contribution in [0.3, 0.4) is 0 Å². The smallest absolute Gasteiger partial charge is 0.268 e. The predicted molar refractivity (Wildman–Crippen MR) is 63.3 cm³/mol. The maximum Gasteiger partial charge on any atom is 0.268 e. The number of nitriles is 1. The van der Waals surface area contributed by atoms with Crippen molar-refractivity contribution < 1.29 is 18.7 Å². The Morgan fingerprint density at radius 2 is 1.89 bits per heavy atom. The van der Waals surface area contributed by atoms with E-state index >= 15 is 0 Å². The summed E-state index contributed by atoms with van der Waals surface area (Å²) in [5.41, 5.74) is -3.17. The minimum atomic E-state index is -2.87. The molecule has 1 saturated heterocycles. The van der Waals surface area contributed by atoms with Crippen molar-refractivity contribution in [1.29, 1.82) is 5.26 Å². The summed E-state index contributed by atoms with van der Waals surface area (Å²) < 4.78 is 25.5. The highest BCUT2D eigenvalue weighted by Crippen LogP contribution is 2.39. The summed E-state index contributed by atoms with van der Waals surface area (Å²) in [6.07, 6.45) is 0.612. The van der Waals surface area contributed by atoms with E-state index in [0.717, 1.165) is 19.3 Å². The number of nitrogens with zero attached hydrogens (tertiary/aromatic N) is 2. The minimum Gasteiger partial charge on any atom is -0.382 e.